The number of nitrogens with one attached hydrogen (secondary N) is 1. The number of aryl methyl sites for hydroxylation is 2. The van der Waals surface area contributed by atoms with Gasteiger partial charge in [-0.15, -0.1) is 0 Å². The van der Waals surface area contributed by atoms with Gasteiger partial charge in [-0.25, -0.2) is 13.9 Å². The van der Waals surface area contributed by atoms with Crippen LogP contribution in [0.5, 0.6) is 0 Å². The molecule has 0 radical (unpaired) electrons. The first-order chi connectivity index (χ1) is 14.0. The Hall–Kier alpha value is -2.80. The summed E-state index contributed by atoms with van der Waals surface area (Å²) in [5.41, 5.74) is 5.01. The summed E-state index contributed by atoms with van der Waals surface area (Å²) >= 11 is 0. The van der Waals surface area contributed by atoms with Crippen LogP contribution in [0.1, 0.15) is 43.0 Å². The number of nitrogens with zero attached hydrogens (tertiary/aromatic N) is 5. The van der Waals surface area contributed by atoms with Gasteiger partial charge in [0.05, 0.1) is 23.6 Å². The molecule has 1 unspecified atom stereocenters. The van der Waals surface area contributed by atoms with E-state index in [0.717, 1.165) is 52.9 Å². The second-order valence-electron chi connectivity index (χ2n) is 8.72. The second kappa shape index (κ2) is 5.86. The van der Waals surface area contributed by atoms with Gasteiger partial charge in [0.2, 0.25) is 0 Å². The van der Waals surface area contributed by atoms with Crippen molar-refractivity contribution in [2.75, 3.05) is 6.54 Å². The van der Waals surface area contributed by atoms with E-state index in [2.05, 4.69) is 20.5 Å². The summed E-state index contributed by atoms with van der Waals surface area (Å²) in [5, 5.41) is 13.7. The highest BCUT2D eigenvalue weighted by Crippen LogP contribution is 2.45. The summed E-state index contributed by atoms with van der Waals surface area (Å²) in [5.74, 6) is -0.298. The molecule has 1 aliphatic carbocycles. The number of imidazole rings is 1. The molecule has 29 heavy (non-hydrogen) atoms. The Balaban J connectivity index is 1.42. The van der Waals surface area contributed by atoms with Gasteiger partial charge in [-0.2, -0.15) is 10.2 Å². The van der Waals surface area contributed by atoms with Crippen molar-refractivity contribution in [3.63, 3.8) is 0 Å². The molecule has 0 bridgehead atoms. The Labute approximate surface area is 167 Å². The quantitative estimate of drug-likeness (QED) is 0.563. The molecule has 1 N–H and O–H groups in total. The van der Waals surface area contributed by atoms with Gasteiger partial charge in [0.25, 0.3) is 0 Å². The summed E-state index contributed by atoms with van der Waals surface area (Å²) in [6.45, 7) is 4.95. The third kappa shape index (κ3) is 2.75. The number of aromatic nitrogens is 5. The van der Waals surface area contributed by atoms with Gasteiger partial charge in [0, 0.05) is 22.7 Å². The fourth-order valence-electron chi connectivity index (χ4n) is 4.72. The Morgan fingerprint density at radius 3 is 2.83 bits per heavy atom. The van der Waals surface area contributed by atoms with Crippen LogP contribution in [0.2, 0.25) is 0 Å². The monoisotopic (exact) mass is 390 g/mol. The van der Waals surface area contributed by atoms with E-state index >= 15 is 0 Å². The Bertz CT molecular complexity index is 1270. The van der Waals surface area contributed by atoms with Gasteiger partial charge in [0.1, 0.15) is 5.52 Å². The lowest BCUT2D eigenvalue weighted by Crippen LogP contribution is -2.40. The van der Waals surface area contributed by atoms with Crippen molar-refractivity contribution in [2.45, 2.75) is 51.1 Å². The highest BCUT2D eigenvalue weighted by molar-refractivity contribution is 5.84. The molecule has 7 heteroatoms. The van der Waals surface area contributed by atoms with Crippen molar-refractivity contribution in [1.82, 2.24) is 29.7 Å². The van der Waals surface area contributed by atoms with Crippen LogP contribution >= 0.6 is 0 Å². The largest absolute Gasteiger partial charge is 0.311 e. The summed E-state index contributed by atoms with van der Waals surface area (Å²) in [7, 11) is 0. The number of hydrogen-bond acceptors (Lipinski definition) is 4. The SMILES string of the molecule is Cc1cn2nc(-c3cc(F)c4nn(C5CCNC6(CC6)C5)cc4c3)cc(C)c2n1. The van der Waals surface area contributed by atoms with Crippen LogP contribution in [0, 0.1) is 19.7 Å². The first-order valence-electron chi connectivity index (χ1n) is 10.3. The molecule has 1 saturated carbocycles. The van der Waals surface area contributed by atoms with Crippen molar-refractivity contribution in [3.05, 3.63) is 47.7 Å². The molecular formula is C22H23FN6. The Kier molecular flexibility index (Phi) is 3.45. The predicted octanol–water partition coefficient (Wildman–Crippen LogP) is 3.96. The third-order valence-electron chi connectivity index (χ3n) is 6.44. The molecule has 1 aliphatic heterocycles. The van der Waals surface area contributed by atoms with E-state index in [-0.39, 0.29) is 5.82 Å². The van der Waals surface area contributed by atoms with E-state index < -0.39 is 0 Å². The molecule has 4 heterocycles. The van der Waals surface area contributed by atoms with Crippen LogP contribution < -0.4 is 5.32 Å². The molecule has 6 nitrogen and oxygen atoms in total. The minimum Gasteiger partial charge on any atom is -0.311 e. The first-order valence-corrected chi connectivity index (χ1v) is 10.3. The number of halogens is 1. The van der Waals surface area contributed by atoms with Gasteiger partial charge in [0.15, 0.2) is 11.5 Å². The maximum atomic E-state index is 15.0. The van der Waals surface area contributed by atoms with Crippen LogP contribution in [0.3, 0.4) is 0 Å². The van der Waals surface area contributed by atoms with Crippen molar-refractivity contribution in [3.8, 4) is 11.3 Å². The zero-order chi connectivity index (χ0) is 19.8. The van der Waals surface area contributed by atoms with E-state index in [0.29, 0.717) is 17.1 Å². The lowest BCUT2D eigenvalue weighted by molar-refractivity contribution is 0.271. The van der Waals surface area contributed by atoms with Crippen LogP contribution in [-0.2, 0) is 0 Å². The smallest absolute Gasteiger partial charge is 0.156 e. The van der Waals surface area contributed by atoms with Crippen molar-refractivity contribution >= 4 is 16.6 Å². The fourth-order valence-corrected chi connectivity index (χ4v) is 4.72. The molecular weight excluding hydrogens is 367 g/mol. The molecule has 4 aromatic rings. The van der Waals surface area contributed by atoms with Crippen LogP contribution in [0.25, 0.3) is 27.8 Å². The van der Waals surface area contributed by atoms with Gasteiger partial charge in [-0.05, 0) is 69.8 Å². The molecule has 1 saturated heterocycles. The zero-order valence-electron chi connectivity index (χ0n) is 16.6. The average Bonchev–Trinajstić information content (AvgIpc) is 3.13. The van der Waals surface area contributed by atoms with E-state index in [9.17, 15) is 4.39 Å². The van der Waals surface area contributed by atoms with Gasteiger partial charge >= 0.3 is 0 Å². The molecule has 3 aromatic heterocycles. The minimum atomic E-state index is -0.298. The second-order valence-corrected chi connectivity index (χ2v) is 8.72. The highest BCUT2D eigenvalue weighted by atomic mass is 19.1. The first kappa shape index (κ1) is 17.1. The normalized spacial score (nSPS) is 20.7. The molecule has 1 atom stereocenters. The topological polar surface area (TPSA) is 60.0 Å². The van der Waals surface area contributed by atoms with Gasteiger partial charge in [-0.3, -0.25) is 4.68 Å². The van der Waals surface area contributed by atoms with Crippen molar-refractivity contribution in [2.24, 2.45) is 0 Å². The number of piperidine rings is 1. The average molecular weight is 390 g/mol. The lowest BCUT2D eigenvalue weighted by Gasteiger charge is -2.30. The molecule has 148 valence electrons. The van der Waals surface area contributed by atoms with Crippen LogP contribution in [0.15, 0.2) is 30.6 Å². The number of fused-ring (bicyclic) bond motifs is 2. The van der Waals surface area contributed by atoms with E-state index in [1.54, 1.807) is 10.6 Å². The van der Waals surface area contributed by atoms with E-state index in [4.69, 9.17) is 0 Å². The standard InChI is InChI=1S/C22H23FN6/c1-13-7-19(26-29-11-14(2)25-21(13)29)15-8-16-12-28(27-20(16)18(23)9-15)17-3-6-24-22(10-17)4-5-22/h7-9,11-12,17,24H,3-6,10H2,1-2H3. The summed E-state index contributed by atoms with van der Waals surface area (Å²) in [6, 6.07) is 5.84. The maximum absolute atomic E-state index is 15.0. The lowest BCUT2D eigenvalue weighted by atomic mass is 9.98. The number of benzene rings is 1. The molecule has 1 aromatic carbocycles. The molecule has 2 aliphatic rings. The third-order valence-corrected chi connectivity index (χ3v) is 6.44. The summed E-state index contributed by atoms with van der Waals surface area (Å²) in [4.78, 5) is 4.49. The molecule has 1 spiro atoms. The number of hydrogen-bond donors (Lipinski definition) is 1. The van der Waals surface area contributed by atoms with E-state index in [1.165, 1.54) is 12.8 Å². The minimum absolute atomic E-state index is 0.298. The van der Waals surface area contributed by atoms with Gasteiger partial charge < -0.3 is 5.32 Å². The van der Waals surface area contributed by atoms with Crippen LogP contribution in [0.4, 0.5) is 4.39 Å². The molecule has 6 rings (SSSR count). The summed E-state index contributed by atoms with van der Waals surface area (Å²) in [6.07, 6.45) is 8.48. The number of rotatable bonds is 2. The van der Waals surface area contributed by atoms with Crippen molar-refractivity contribution in [1.29, 1.82) is 0 Å². The Morgan fingerprint density at radius 1 is 1.14 bits per heavy atom. The van der Waals surface area contributed by atoms with Crippen LogP contribution in [-0.4, -0.2) is 36.5 Å². The Morgan fingerprint density at radius 2 is 2.00 bits per heavy atom. The summed E-state index contributed by atoms with van der Waals surface area (Å²) < 4.78 is 18.7. The highest BCUT2D eigenvalue weighted by Gasteiger charge is 2.46. The van der Waals surface area contributed by atoms with E-state index in [1.807, 2.05) is 43.1 Å². The predicted molar refractivity (Wildman–Crippen MR) is 109 cm³/mol. The fraction of sp³-hybridized carbons (Fsp3) is 0.409. The maximum Gasteiger partial charge on any atom is 0.156 e. The molecule has 0 amide bonds. The van der Waals surface area contributed by atoms with Crippen molar-refractivity contribution < 1.29 is 4.39 Å². The molecule has 2 fully saturated rings. The van der Waals surface area contributed by atoms with Gasteiger partial charge in [-0.1, -0.05) is 0 Å². The zero-order valence-corrected chi connectivity index (χ0v) is 16.6.